The van der Waals surface area contributed by atoms with Crippen LogP contribution in [0.2, 0.25) is 0 Å². The maximum Gasteiger partial charge on any atom is 0.326 e. The molecule has 1 saturated heterocycles. The molecule has 3 unspecified atom stereocenters. The van der Waals surface area contributed by atoms with Gasteiger partial charge in [0, 0.05) is 25.9 Å². The number of nitrogens with zero attached hydrogens (tertiary/aromatic N) is 1. The molecular weight excluding hydrogens is 530 g/mol. The summed E-state index contributed by atoms with van der Waals surface area (Å²) in [7, 11) is 1.58. The topological polar surface area (TPSA) is 93.1 Å². The minimum absolute atomic E-state index is 0.100. The number of benzene rings is 2. The zero-order chi connectivity index (χ0) is 30.7. The van der Waals surface area contributed by atoms with Crippen LogP contribution in [-0.2, 0) is 35.9 Å². The minimum Gasteiger partial charge on any atom is -0.480 e. The molecule has 2 aromatic carbocycles. The van der Waals surface area contributed by atoms with Crippen LogP contribution in [0.25, 0.3) is 11.1 Å². The summed E-state index contributed by atoms with van der Waals surface area (Å²) < 4.78 is 11.8. The molecule has 7 heteroatoms. The van der Waals surface area contributed by atoms with Gasteiger partial charge in [0.15, 0.2) is 0 Å². The van der Waals surface area contributed by atoms with Crippen molar-refractivity contribution in [2.24, 2.45) is 16.7 Å². The van der Waals surface area contributed by atoms with Gasteiger partial charge in [0.1, 0.15) is 11.6 Å². The lowest BCUT2D eigenvalue weighted by Crippen LogP contribution is -2.47. The highest BCUT2D eigenvalue weighted by Crippen LogP contribution is 2.43. The third-order valence-electron chi connectivity index (χ3n) is 9.18. The van der Waals surface area contributed by atoms with Gasteiger partial charge in [-0.2, -0.15) is 0 Å². The quantitative estimate of drug-likeness (QED) is 0.403. The van der Waals surface area contributed by atoms with E-state index in [2.05, 4.69) is 44.2 Å². The molecule has 0 aliphatic carbocycles. The number of methoxy groups -OCH3 is 1. The summed E-state index contributed by atoms with van der Waals surface area (Å²) in [6.45, 7) is 10.6. The maximum absolute atomic E-state index is 14.1. The number of amides is 1. The fraction of sp³-hybridized carbons (Fsp3) is 0.571. The van der Waals surface area contributed by atoms with Crippen molar-refractivity contribution in [3.8, 4) is 11.1 Å². The number of carbonyl (C=O) groups is 3. The first-order valence-electron chi connectivity index (χ1n) is 15.2. The fourth-order valence-electron chi connectivity index (χ4n) is 6.50. The third-order valence-corrected chi connectivity index (χ3v) is 9.18. The van der Waals surface area contributed by atoms with Crippen LogP contribution < -0.4 is 0 Å². The lowest BCUT2D eigenvalue weighted by molar-refractivity contribution is -0.153. The Bertz CT molecular complexity index is 1280. The number of hydrogen-bond acceptors (Lipinski definition) is 5. The summed E-state index contributed by atoms with van der Waals surface area (Å²) >= 11 is 0. The van der Waals surface area contributed by atoms with Crippen molar-refractivity contribution in [1.29, 1.82) is 0 Å². The number of fused-ring (bicyclic) bond motifs is 13. The molecule has 2 aromatic rings. The van der Waals surface area contributed by atoms with Gasteiger partial charge in [0.2, 0.25) is 5.91 Å². The summed E-state index contributed by atoms with van der Waals surface area (Å²) in [5, 5.41) is 10.2. The van der Waals surface area contributed by atoms with Crippen LogP contribution in [0.15, 0.2) is 48.5 Å². The molecule has 3 aliphatic heterocycles. The van der Waals surface area contributed by atoms with E-state index in [-0.39, 0.29) is 43.1 Å². The van der Waals surface area contributed by atoms with Crippen molar-refractivity contribution in [3.05, 3.63) is 59.7 Å². The molecule has 0 spiro atoms. The van der Waals surface area contributed by atoms with Gasteiger partial charge < -0.3 is 19.5 Å². The Balaban J connectivity index is 1.74. The van der Waals surface area contributed by atoms with E-state index < -0.39 is 28.9 Å². The van der Waals surface area contributed by atoms with Crippen molar-refractivity contribution in [3.63, 3.8) is 0 Å². The van der Waals surface area contributed by atoms with Crippen LogP contribution in [0.5, 0.6) is 0 Å². The molecule has 3 aliphatic rings. The van der Waals surface area contributed by atoms with Gasteiger partial charge >= 0.3 is 11.9 Å². The second kappa shape index (κ2) is 12.6. The summed E-state index contributed by atoms with van der Waals surface area (Å²) in [6.07, 6.45) is 4.47. The van der Waals surface area contributed by atoms with Gasteiger partial charge in [0.25, 0.3) is 0 Å². The number of carboxylic acid groups (broad SMARTS) is 1. The first-order chi connectivity index (χ1) is 19.8. The van der Waals surface area contributed by atoms with E-state index in [1.807, 2.05) is 39.0 Å². The second-order valence-electron chi connectivity index (χ2n) is 13.9. The Morgan fingerprint density at radius 3 is 2.36 bits per heavy atom. The van der Waals surface area contributed by atoms with E-state index in [1.54, 1.807) is 7.11 Å². The number of esters is 1. The van der Waals surface area contributed by atoms with E-state index in [9.17, 15) is 19.5 Å². The number of hydrogen-bond donors (Lipinski definition) is 1. The highest BCUT2D eigenvalue weighted by molar-refractivity contribution is 5.87. The molecular formula is C35H47NO6. The average Bonchev–Trinajstić information content (AvgIpc) is 3.35. The molecule has 7 nitrogen and oxygen atoms in total. The molecule has 228 valence electrons. The lowest BCUT2D eigenvalue weighted by atomic mass is 9.77. The van der Waals surface area contributed by atoms with E-state index in [1.165, 1.54) is 16.0 Å². The van der Waals surface area contributed by atoms with Crippen molar-refractivity contribution >= 4 is 17.8 Å². The van der Waals surface area contributed by atoms with Crippen LogP contribution in [-0.4, -0.2) is 54.2 Å². The summed E-state index contributed by atoms with van der Waals surface area (Å²) in [5.41, 5.74) is 2.79. The van der Waals surface area contributed by atoms with E-state index in [0.29, 0.717) is 6.61 Å². The Morgan fingerprint density at radius 2 is 1.71 bits per heavy atom. The van der Waals surface area contributed by atoms with Gasteiger partial charge in [-0.1, -0.05) is 89.6 Å². The van der Waals surface area contributed by atoms with Crippen molar-refractivity contribution in [2.75, 3.05) is 20.3 Å². The van der Waals surface area contributed by atoms with Gasteiger partial charge in [0.05, 0.1) is 13.2 Å². The van der Waals surface area contributed by atoms with Crippen LogP contribution in [0, 0.1) is 16.7 Å². The Kier molecular flexibility index (Phi) is 9.51. The Hall–Kier alpha value is -3.19. The number of aliphatic carboxylic acids is 1. The zero-order valence-electron chi connectivity index (χ0n) is 26.1. The molecule has 1 amide bonds. The molecule has 0 saturated carbocycles. The smallest absolute Gasteiger partial charge is 0.326 e. The standard InChI is InChI=1S/C35H47NO6/c1-33(2,3)28-18-19-30(37)42-23-34(4,5)20-10-9-12-24-11-7-8-13-27(24)25-14-16-26(17-15-25)35(41-6)21-29(32(39)40)36(22-35)31(28)38/h7-8,11,13-17,28-29H,9-10,12,18-23H2,1-6H3,(H,39,40). The summed E-state index contributed by atoms with van der Waals surface area (Å²) in [5.74, 6) is -2.21. The first kappa shape index (κ1) is 31.7. The second-order valence-corrected chi connectivity index (χ2v) is 13.9. The molecule has 3 heterocycles. The maximum atomic E-state index is 14.1. The molecule has 1 fully saturated rings. The van der Waals surface area contributed by atoms with Gasteiger partial charge in [-0.3, -0.25) is 9.59 Å². The lowest BCUT2D eigenvalue weighted by Gasteiger charge is -2.35. The fourth-order valence-corrected chi connectivity index (χ4v) is 6.50. The van der Waals surface area contributed by atoms with Gasteiger partial charge in [-0.25, -0.2) is 4.79 Å². The van der Waals surface area contributed by atoms with Crippen molar-refractivity contribution in [2.45, 2.75) is 91.2 Å². The van der Waals surface area contributed by atoms with Crippen LogP contribution in [0.1, 0.15) is 84.3 Å². The summed E-state index contributed by atoms with van der Waals surface area (Å²) in [4.78, 5) is 40.9. The van der Waals surface area contributed by atoms with Crippen LogP contribution in [0.3, 0.4) is 0 Å². The highest BCUT2D eigenvalue weighted by atomic mass is 16.5. The van der Waals surface area contributed by atoms with Crippen LogP contribution in [0.4, 0.5) is 0 Å². The number of ether oxygens (including phenoxy) is 2. The van der Waals surface area contributed by atoms with E-state index in [0.717, 1.165) is 36.8 Å². The molecule has 0 radical (unpaired) electrons. The normalized spacial score (nSPS) is 25.8. The zero-order valence-corrected chi connectivity index (χ0v) is 26.1. The predicted octanol–water partition coefficient (Wildman–Crippen LogP) is 6.62. The van der Waals surface area contributed by atoms with Crippen molar-refractivity contribution < 1.29 is 29.0 Å². The first-order valence-corrected chi connectivity index (χ1v) is 15.2. The molecule has 5 rings (SSSR count). The van der Waals surface area contributed by atoms with Gasteiger partial charge in [-0.05, 0) is 58.8 Å². The van der Waals surface area contributed by atoms with Crippen molar-refractivity contribution in [1.82, 2.24) is 4.90 Å². The Labute approximate surface area is 250 Å². The molecule has 1 N–H and O–H groups in total. The number of rotatable bonds is 2. The summed E-state index contributed by atoms with van der Waals surface area (Å²) in [6, 6.07) is 15.5. The van der Waals surface area contributed by atoms with Gasteiger partial charge in [-0.15, -0.1) is 0 Å². The van der Waals surface area contributed by atoms with E-state index >= 15 is 0 Å². The molecule has 4 bridgehead atoms. The predicted molar refractivity (Wildman–Crippen MR) is 163 cm³/mol. The number of carboxylic acids is 1. The van der Waals surface area contributed by atoms with E-state index in [4.69, 9.17) is 9.47 Å². The largest absolute Gasteiger partial charge is 0.480 e. The monoisotopic (exact) mass is 577 g/mol. The minimum atomic E-state index is -1.06. The SMILES string of the molecule is COC12CC(C(=O)O)N(C1)C(=O)C(C(C)(C)C)CCC(=O)OCC(C)(C)CCCCc1ccccc1-c1ccc2cc1. The molecule has 0 aromatic heterocycles. The third kappa shape index (κ3) is 7.05. The average molecular weight is 578 g/mol. The molecule has 42 heavy (non-hydrogen) atoms. The number of aryl methyl sites for hydroxylation is 1. The highest BCUT2D eigenvalue weighted by Gasteiger charge is 2.52. The number of carbonyl (C=O) groups excluding carboxylic acids is 2. The molecule has 3 atom stereocenters. The van der Waals surface area contributed by atoms with Crippen LogP contribution >= 0.6 is 0 Å². The Morgan fingerprint density at radius 1 is 1.02 bits per heavy atom.